The maximum Gasteiger partial charge on any atom is 0.410 e. The maximum atomic E-state index is 12.6. The molecule has 5 aliphatic rings. The zero-order valence-corrected chi connectivity index (χ0v) is 31.6. The van der Waals surface area contributed by atoms with Crippen LogP contribution in [0.25, 0.3) is 0 Å². The fourth-order valence-electron chi connectivity index (χ4n) is 6.71. The summed E-state index contributed by atoms with van der Waals surface area (Å²) >= 11 is 0. The number of piperidine rings is 2. The van der Waals surface area contributed by atoms with Gasteiger partial charge >= 0.3 is 12.2 Å². The van der Waals surface area contributed by atoms with Crippen LogP contribution in [0.15, 0.2) is 48.5 Å². The number of aliphatic hydroxyl groups is 1. The van der Waals surface area contributed by atoms with Gasteiger partial charge in [0.15, 0.2) is 11.5 Å². The Labute approximate surface area is 310 Å². The highest BCUT2D eigenvalue weighted by atomic mass is 16.6. The number of ketones is 2. The van der Waals surface area contributed by atoms with E-state index in [1.54, 1.807) is 40.3 Å². The molecule has 2 amide bonds. The van der Waals surface area contributed by atoms with Gasteiger partial charge in [-0.15, -0.1) is 0 Å². The van der Waals surface area contributed by atoms with E-state index in [9.17, 15) is 24.3 Å². The molecule has 7 rings (SSSR count). The van der Waals surface area contributed by atoms with Gasteiger partial charge in [0.25, 0.3) is 0 Å². The van der Waals surface area contributed by atoms with Crippen LogP contribution >= 0.6 is 0 Å². The molecule has 3 fully saturated rings. The lowest BCUT2D eigenvalue weighted by atomic mass is 9.79. The van der Waals surface area contributed by atoms with Crippen LogP contribution in [-0.4, -0.2) is 110 Å². The molecule has 2 spiro atoms. The highest BCUT2D eigenvalue weighted by Gasteiger charge is 2.49. The van der Waals surface area contributed by atoms with E-state index in [1.807, 2.05) is 41.5 Å². The molecule has 53 heavy (non-hydrogen) atoms. The van der Waals surface area contributed by atoms with Crippen LogP contribution in [-0.2, 0) is 14.2 Å². The fraction of sp³-hybridized carbons (Fsp3) is 0.590. The summed E-state index contributed by atoms with van der Waals surface area (Å²) in [5, 5.41) is 9.64. The lowest BCUT2D eigenvalue weighted by Gasteiger charge is -2.44. The Balaban J connectivity index is 0.000000181. The second-order valence-corrected chi connectivity index (χ2v) is 15.8. The van der Waals surface area contributed by atoms with Gasteiger partial charge in [-0.2, -0.15) is 0 Å². The number of aromatic nitrogens is 2. The van der Waals surface area contributed by atoms with Gasteiger partial charge in [-0.3, -0.25) is 9.59 Å². The van der Waals surface area contributed by atoms with Gasteiger partial charge in [0.2, 0.25) is 5.78 Å². The zero-order valence-electron chi connectivity index (χ0n) is 31.6. The highest BCUT2D eigenvalue weighted by Crippen LogP contribution is 2.42. The van der Waals surface area contributed by atoms with Crippen molar-refractivity contribution in [3.8, 4) is 11.5 Å². The summed E-state index contributed by atoms with van der Waals surface area (Å²) in [6.45, 7) is 14.8. The second-order valence-electron chi connectivity index (χ2n) is 15.8. The normalized spacial score (nSPS) is 20.8. The first kappa shape index (κ1) is 39.5. The molecule has 2 aromatic rings. The van der Waals surface area contributed by atoms with E-state index < -0.39 is 22.4 Å². The van der Waals surface area contributed by atoms with Gasteiger partial charge < -0.3 is 38.6 Å². The number of pyridine rings is 2. The van der Waals surface area contributed by atoms with E-state index in [1.165, 1.54) is 19.0 Å². The number of aliphatic hydroxyl groups excluding tert-OH is 1. The van der Waals surface area contributed by atoms with Gasteiger partial charge in [-0.25, -0.2) is 19.6 Å². The predicted octanol–water partition coefficient (Wildman–Crippen LogP) is 6.48. The van der Waals surface area contributed by atoms with Crippen molar-refractivity contribution >= 4 is 23.8 Å². The van der Waals surface area contributed by atoms with Gasteiger partial charge in [-0.05, 0) is 78.6 Å². The molecule has 0 unspecified atom stereocenters. The van der Waals surface area contributed by atoms with Gasteiger partial charge in [0.1, 0.15) is 39.6 Å². The van der Waals surface area contributed by atoms with Crippen molar-refractivity contribution in [1.29, 1.82) is 0 Å². The SMILES string of the molecule is C1CCOC1.CC(C)(C)OC(=O)N1CCC2(CC1)CC(=O)c1ncccc1O2.CC(C)(C)OC(=O)N1CCC2(CC1)Oc1cccnc1C(=O)/C2=C\O. The van der Waals surface area contributed by atoms with Crippen LogP contribution < -0.4 is 9.47 Å². The molecule has 0 radical (unpaired) electrons. The standard InChI is InChI=1S/C18H22N2O5.C17H22N2O4.C4H8O/c1-17(2,3)25-16(23)20-9-6-18(7-10-20)12(11-21)15(22)14-13(24-18)5-4-8-19-14;1-16(2,3)23-15(21)19-9-6-17(7-10-19)11-12(20)14-13(22-17)5-4-8-18-14;1-2-4-5-3-1/h4-5,8,11,21H,6-7,9-10H2,1-3H3;4-5,8H,6-7,9-11H2,1-3H3;1-4H2/b12-11+;;. The van der Waals surface area contributed by atoms with Crippen molar-refractivity contribution in [2.75, 3.05) is 39.4 Å². The molecule has 0 aliphatic carbocycles. The number of carbonyl (C=O) groups excluding carboxylic acids is 4. The molecule has 14 heteroatoms. The molecular weight excluding hydrogens is 684 g/mol. The van der Waals surface area contributed by atoms with E-state index in [4.69, 9.17) is 23.7 Å². The summed E-state index contributed by atoms with van der Waals surface area (Å²) < 4.78 is 27.9. The average Bonchev–Trinajstić information content (AvgIpc) is 3.69. The summed E-state index contributed by atoms with van der Waals surface area (Å²) in [6, 6.07) is 6.93. The second kappa shape index (κ2) is 16.1. The van der Waals surface area contributed by atoms with E-state index in [2.05, 4.69) is 9.97 Å². The molecule has 288 valence electrons. The van der Waals surface area contributed by atoms with Crippen LogP contribution in [0.2, 0.25) is 0 Å². The molecule has 0 aromatic carbocycles. The van der Waals surface area contributed by atoms with Crippen molar-refractivity contribution in [3.05, 3.63) is 59.9 Å². The number of ether oxygens (including phenoxy) is 5. The summed E-state index contributed by atoms with van der Waals surface area (Å²) in [5.41, 5.74) is -1.75. The van der Waals surface area contributed by atoms with Crippen LogP contribution in [0.1, 0.15) is 107 Å². The Morgan fingerprint density at radius 1 is 0.774 bits per heavy atom. The third-order valence-electron chi connectivity index (χ3n) is 9.38. The van der Waals surface area contributed by atoms with Crippen LogP contribution in [0.5, 0.6) is 11.5 Å². The summed E-state index contributed by atoms with van der Waals surface area (Å²) in [6.07, 6.45) is 8.11. The number of likely N-dealkylation sites (tertiary alicyclic amines) is 2. The van der Waals surface area contributed by atoms with Crippen LogP contribution in [0.3, 0.4) is 0 Å². The summed E-state index contributed by atoms with van der Waals surface area (Å²) in [4.78, 5) is 60.7. The number of rotatable bonds is 0. The molecule has 0 atom stereocenters. The lowest BCUT2D eigenvalue weighted by Crippen LogP contribution is -2.54. The summed E-state index contributed by atoms with van der Waals surface area (Å²) in [5.74, 6) is 0.630. The first-order valence-corrected chi connectivity index (χ1v) is 18.3. The molecule has 3 saturated heterocycles. The maximum absolute atomic E-state index is 12.6. The lowest BCUT2D eigenvalue weighted by molar-refractivity contribution is -0.0231. The molecule has 2 aromatic heterocycles. The molecule has 7 heterocycles. The molecule has 0 saturated carbocycles. The molecule has 1 N–H and O–H groups in total. The molecule has 14 nitrogen and oxygen atoms in total. The third kappa shape index (κ3) is 9.83. The number of Topliss-reactive ketones (excluding diaryl/α,β-unsaturated/α-hetero) is 2. The van der Waals surface area contributed by atoms with Crippen molar-refractivity contribution < 1.29 is 48.0 Å². The number of carbonyl (C=O) groups is 4. The van der Waals surface area contributed by atoms with E-state index >= 15 is 0 Å². The fourth-order valence-corrected chi connectivity index (χ4v) is 6.71. The Kier molecular flexibility index (Phi) is 12.0. The largest absolute Gasteiger partial charge is 0.515 e. The van der Waals surface area contributed by atoms with E-state index in [0.717, 1.165) is 19.5 Å². The topological polar surface area (TPSA) is 167 Å². The number of amides is 2. The Morgan fingerprint density at radius 2 is 1.26 bits per heavy atom. The molecular formula is C39H52N4O10. The quantitative estimate of drug-likeness (QED) is 0.231. The number of fused-ring (bicyclic) bond motifs is 2. The Morgan fingerprint density at radius 3 is 1.74 bits per heavy atom. The van der Waals surface area contributed by atoms with Crippen molar-refractivity contribution in [2.24, 2.45) is 0 Å². The summed E-state index contributed by atoms with van der Waals surface area (Å²) in [7, 11) is 0. The van der Waals surface area contributed by atoms with Crippen LogP contribution in [0, 0.1) is 0 Å². The first-order chi connectivity index (χ1) is 25.0. The zero-order chi connectivity index (χ0) is 38.4. The molecule has 5 aliphatic heterocycles. The number of hydrogen-bond acceptors (Lipinski definition) is 12. The highest BCUT2D eigenvalue weighted by molar-refractivity contribution is 6.11. The number of nitrogens with zero attached hydrogens (tertiary/aromatic N) is 4. The Bertz CT molecular complexity index is 1670. The smallest absolute Gasteiger partial charge is 0.410 e. The van der Waals surface area contributed by atoms with Gasteiger partial charge in [-0.1, -0.05) is 0 Å². The predicted molar refractivity (Wildman–Crippen MR) is 193 cm³/mol. The molecule has 0 bridgehead atoms. The Hall–Kier alpha value is -4.72. The van der Waals surface area contributed by atoms with Crippen molar-refractivity contribution in [3.63, 3.8) is 0 Å². The third-order valence-corrected chi connectivity index (χ3v) is 9.38. The monoisotopic (exact) mass is 736 g/mol. The first-order valence-electron chi connectivity index (χ1n) is 18.3. The van der Waals surface area contributed by atoms with Crippen molar-refractivity contribution in [2.45, 2.75) is 109 Å². The minimum Gasteiger partial charge on any atom is -0.515 e. The average molecular weight is 737 g/mol. The van der Waals surface area contributed by atoms with Gasteiger partial charge in [0, 0.05) is 77.5 Å². The minimum absolute atomic E-state index is 0.0116. The number of hydrogen-bond donors (Lipinski definition) is 1. The van der Waals surface area contributed by atoms with Crippen LogP contribution in [0.4, 0.5) is 9.59 Å². The van der Waals surface area contributed by atoms with E-state index in [0.29, 0.717) is 75.5 Å². The minimum atomic E-state index is -0.944. The van der Waals surface area contributed by atoms with Crippen molar-refractivity contribution in [1.82, 2.24) is 19.8 Å². The van der Waals surface area contributed by atoms with E-state index in [-0.39, 0.29) is 35.0 Å². The van der Waals surface area contributed by atoms with Gasteiger partial charge in [0.05, 0.1) is 18.3 Å².